The number of nitrogens with one attached hydrogen (secondary N) is 1. The van der Waals surface area contributed by atoms with Gasteiger partial charge in [-0.05, 0) is 36.2 Å². The molecule has 3 aromatic rings. The van der Waals surface area contributed by atoms with E-state index in [4.69, 9.17) is 4.74 Å². The molecule has 0 saturated heterocycles. The van der Waals surface area contributed by atoms with E-state index in [0.29, 0.717) is 18.7 Å². The first-order chi connectivity index (χ1) is 13.1. The van der Waals surface area contributed by atoms with E-state index in [1.807, 2.05) is 30.3 Å². The molecule has 1 heterocycles. The zero-order chi connectivity index (χ0) is 19.2. The third kappa shape index (κ3) is 4.69. The van der Waals surface area contributed by atoms with Crippen molar-refractivity contribution >= 4 is 16.8 Å². The lowest BCUT2D eigenvalue weighted by molar-refractivity contribution is -0.0512. The van der Waals surface area contributed by atoms with Gasteiger partial charge in [0.2, 0.25) is 0 Å². The van der Waals surface area contributed by atoms with Crippen molar-refractivity contribution in [1.82, 2.24) is 10.3 Å². The van der Waals surface area contributed by atoms with E-state index < -0.39 is 6.61 Å². The maximum atomic E-state index is 12.5. The number of fused-ring (bicyclic) bond motifs is 1. The number of hydrogen-bond acceptors (Lipinski definition) is 4. The molecular weight excluding hydrogens is 354 g/mol. The third-order valence-corrected chi connectivity index (χ3v) is 3.97. The van der Waals surface area contributed by atoms with Crippen LogP contribution in [0.2, 0.25) is 0 Å². The fraction of sp³-hybridized carbons (Fsp3) is 0.200. The number of ether oxygens (including phenoxy) is 2. The maximum Gasteiger partial charge on any atom is 0.387 e. The van der Waals surface area contributed by atoms with Gasteiger partial charge in [0.05, 0.1) is 12.6 Å². The molecule has 5 nitrogen and oxygen atoms in total. The largest absolute Gasteiger partial charge is 0.493 e. The van der Waals surface area contributed by atoms with Gasteiger partial charge in [0.15, 0.2) is 11.5 Å². The van der Waals surface area contributed by atoms with Crippen LogP contribution in [0.4, 0.5) is 8.78 Å². The number of carbonyl (C=O) groups excluding carboxylic acids is 1. The lowest BCUT2D eigenvalue weighted by Gasteiger charge is -2.12. The molecule has 0 bridgehead atoms. The van der Waals surface area contributed by atoms with Crippen molar-refractivity contribution in [2.75, 3.05) is 13.7 Å². The highest BCUT2D eigenvalue weighted by Crippen LogP contribution is 2.29. The van der Waals surface area contributed by atoms with Gasteiger partial charge < -0.3 is 14.8 Å². The van der Waals surface area contributed by atoms with Gasteiger partial charge in [-0.2, -0.15) is 8.78 Å². The van der Waals surface area contributed by atoms with Gasteiger partial charge in [0.25, 0.3) is 5.91 Å². The van der Waals surface area contributed by atoms with E-state index in [1.54, 1.807) is 18.2 Å². The standard InChI is InChI=1S/C20H18F2N2O3/c1-26-17-9-6-13(12-18(17)27-20(21)22)10-11-23-19(25)16-8-7-14-4-2-3-5-15(14)24-16/h2-9,12,20H,10-11H2,1H3,(H,23,25). The molecule has 0 radical (unpaired) electrons. The van der Waals surface area contributed by atoms with Gasteiger partial charge in [-0.3, -0.25) is 4.79 Å². The number of carbonyl (C=O) groups is 1. The zero-order valence-electron chi connectivity index (χ0n) is 14.6. The number of hydrogen-bond donors (Lipinski definition) is 1. The summed E-state index contributed by atoms with van der Waals surface area (Å²) in [7, 11) is 1.38. The molecule has 0 aliphatic heterocycles. The van der Waals surface area contributed by atoms with Crippen LogP contribution in [0.25, 0.3) is 10.9 Å². The van der Waals surface area contributed by atoms with Crippen LogP contribution in [-0.2, 0) is 6.42 Å². The summed E-state index contributed by atoms with van der Waals surface area (Å²) in [5.41, 5.74) is 1.80. The highest BCUT2D eigenvalue weighted by atomic mass is 19.3. The summed E-state index contributed by atoms with van der Waals surface area (Å²) >= 11 is 0. The maximum absolute atomic E-state index is 12.5. The number of halogens is 2. The molecule has 0 unspecified atom stereocenters. The zero-order valence-corrected chi connectivity index (χ0v) is 14.6. The van der Waals surface area contributed by atoms with Crippen molar-refractivity contribution in [1.29, 1.82) is 0 Å². The minimum absolute atomic E-state index is 0.0347. The number of alkyl halides is 2. The fourth-order valence-electron chi connectivity index (χ4n) is 2.67. The normalized spacial score (nSPS) is 10.8. The number of methoxy groups -OCH3 is 1. The molecule has 1 N–H and O–H groups in total. The highest BCUT2D eigenvalue weighted by Gasteiger charge is 2.12. The van der Waals surface area contributed by atoms with Gasteiger partial charge in [-0.25, -0.2) is 4.98 Å². The van der Waals surface area contributed by atoms with Gasteiger partial charge in [0.1, 0.15) is 5.69 Å². The first-order valence-electron chi connectivity index (χ1n) is 8.32. The van der Waals surface area contributed by atoms with E-state index in [1.165, 1.54) is 13.2 Å². The van der Waals surface area contributed by atoms with Crippen LogP contribution >= 0.6 is 0 Å². The van der Waals surface area contributed by atoms with E-state index in [2.05, 4.69) is 15.0 Å². The average molecular weight is 372 g/mol. The predicted molar refractivity (Wildman–Crippen MR) is 97.4 cm³/mol. The number of benzene rings is 2. The minimum Gasteiger partial charge on any atom is -0.493 e. The fourth-order valence-corrected chi connectivity index (χ4v) is 2.67. The molecule has 0 aliphatic rings. The smallest absolute Gasteiger partial charge is 0.387 e. The second kappa shape index (κ2) is 8.44. The van der Waals surface area contributed by atoms with Crippen LogP contribution in [0.5, 0.6) is 11.5 Å². The van der Waals surface area contributed by atoms with E-state index in [-0.39, 0.29) is 17.4 Å². The third-order valence-electron chi connectivity index (χ3n) is 3.97. The molecule has 140 valence electrons. The summed E-state index contributed by atoms with van der Waals surface area (Å²) in [5.74, 6) is -0.103. The van der Waals surface area contributed by atoms with Crippen LogP contribution < -0.4 is 14.8 Å². The Balaban J connectivity index is 1.62. The lowest BCUT2D eigenvalue weighted by atomic mass is 10.1. The number of rotatable bonds is 7. The Morgan fingerprint density at radius 3 is 2.70 bits per heavy atom. The molecule has 3 rings (SSSR count). The predicted octanol–water partition coefficient (Wildman–Crippen LogP) is 3.82. The SMILES string of the molecule is COc1ccc(CCNC(=O)c2ccc3ccccc3n2)cc1OC(F)F. The number of nitrogens with zero attached hydrogens (tertiary/aromatic N) is 1. The summed E-state index contributed by atoms with van der Waals surface area (Å²) < 4.78 is 34.4. The molecule has 7 heteroatoms. The summed E-state index contributed by atoms with van der Waals surface area (Å²) in [5, 5.41) is 3.74. The monoisotopic (exact) mass is 372 g/mol. The quantitative estimate of drug-likeness (QED) is 0.685. The van der Waals surface area contributed by atoms with E-state index in [9.17, 15) is 13.6 Å². The van der Waals surface area contributed by atoms with E-state index in [0.717, 1.165) is 16.5 Å². The van der Waals surface area contributed by atoms with Crippen molar-refractivity contribution in [3.8, 4) is 11.5 Å². The number of para-hydroxylation sites is 1. The average Bonchev–Trinajstić information content (AvgIpc) is 2.67. The Hall–Kier alpha value is -3.22. The molecule has 27 heavy (non-hydrogen) atoms. The van der Waals surface area contributed by atoms with Crippen LogP contribution in [-0.4, -0.2) is 31.2 Å². The second-order valence-electron chi connectivity index (χ2n) is 5.76. The molecule has 2 aromatic carbocycles. The summed E-state index contributed by atoms with van der Waals surface area (Å²) in [6.07, 6.45) is 0.447. The Bertz CT molecular complexity index is 947. The van der Waals surface area contributed by atoms with Gasteiger partial charge in [0, 0.05) is 11.9 Å². The molecular formula is C20H18F2N2O3. The lowest BCUT2D eigenvalue weighted by Crippen LogP contribution is -2.26. The first kappa shape index (κ1) is 18.6. The van der Waals surface area contributed by atoms with Crippen molar-refractivity contribution < 1.29 is 23.0 Å². The minimum atomic E-state index is -2.94. The first-order valence-corrected chi connectivity index (χ1v) is 8.32. The van der Waals surface area contributed by atoms with Crippen LogP contribution in [0.3, 0.4) is 0 Å². The van der Waals surface area contributed by atoms with Crippen LogP contribution in [0.1, 0.15) is 16.1 Å². The molecule has 1 aromatic heterocycles. The Morgan fingerprint density at radius 1 is 1.11 bits per heavy atom. The van der Waals surface area contributed by atoms with Crippen LogP contribution in [0.15, 0.2) is 54.6 Å². The molecule has 0 aliphatic carbocycles. The summed E-state index contributed by atoms with van der Waals surface area (Å²) in [6, 6.07) is 15.8. The number of pyridine rings is 1. The van der Waals surface area contributed by atoms with Crippen molar-refractivity contribution in [3.05, 3.63) is 65.9 Å². The molecule has 0 spiro atoms. The number of aromatic nitrogens is 1. The molecule has 1 amide bonds. The van der Waals surface area contributed by atoms with Crippen molar-refractivity contribution in [2.24, 2.45) is 0 Å². The van der Waals surface area contributed by atoms with Crippen LogP contribution in [0, 0.1) is 0 Å². The molecule has 0 atom stereocenters. The van der Waals surface area contributed by atoms with Gasteiger partial charge in [-0.1, -0.05) is 30.3 Å². The summed E-state index contributed by atoms with van der Waals surface area (Å²) in [6.45, 7) is -2.61. The van der Waals surface area contributed by atoms with Gasteiger partial charge in [-0.15, -0.1) is 0 Å². The highest BCUT2D eigenvalue weighted by molar-refractivity contribution is 5.94. The number of amides is 1. The van der Waals surface area contributed by atoms with Crippen molar-refractivity contribution in [2.45, 2.75) is 13.0 Å². The van der Waals surface area contributed by atoms with E-state index >= 15 is 0 Å². The van der Waals surface area contributed by atoms with Gasteiger partial charge >= 0.3 is 6.61 Å². The molecule has 0 fully saturated rings. The topological polar surface area (TPSA) is 60.5 Å². The Labute approximate surface area is 154 Å². The second-order valence-corrected chi connectivity index (χ2v) is 5.76. The Morgan fingerprint density at radius 2 is 1.93 bits per heavy atom. The Kier molecular flexibility index (Phi) is 5.80. The molecule has 0 saturated carbocycles. The summed E-state index contributed by atoms with van der Waals surface area (Å²) in [4.78, 5) is 16.6. The van der Waals surface area contributed by atoms with Crippen molar-refractivity contribution in [3.63, 3.8) is 0 Å².